The summed E-state index contributed by atoms with van der Waals surface area (Å²) in [6.07, 6.45) is 5.33. The molecule has 1 aliphatic heterocycles. The third-order valence-corrected chi connectivity index (χ3v) is 7.20. The number of hydrogen-bond donors (Lipinski definition) is 2. The van der Waals surface area contributed by atoms with E-state index in [9.17, 15) is 4.79 Å². The number of nitrogens with one attached hydrogen (secondary N) is 2. The highest BCUT2D eigenvalue weighted by atomic mass is 16.2. The van der Waals surface area contributed by atoms with E-state index in [4.69, 9.17) is 0 Å². The Morgan fingerprint density at radius 3 is 2.74 bits per heavy atom. The van der Waals surface area contributed by atoms with E-state index < -0.39 is 5.41 Å². The minimum Gasteiger partial charge on any atom is -0.347 e. The van der Waals surface area contributed by atoms with E-state index in [1.807, 2.05) is 6.92 Å². The second-order valence-electron chi connectivity index (χ2n) is 9.28. The molecule has 31 heavy (non-hydrogen) atoms. The number of H-pyrrole nitrogens is 1. The van der Waals surface area contributed by atoms with Gasteiger partial charge in [-0.2, -0.15) is 5.10 Å². The maximum Gasteiger partial charge on any atom is 0.231 e. The number of carbonyl (C=O) groups excluding carboxylic acids is 1. The minimum absolute atomic E-state index is 0.0222. The van der Waals surface area contributed by atoms with Gasteiger partial charge in [-0.3, -0.25) is 9.89 Å². The Labute approximate surface area is 184 Å². The van der Waals surface area contributed by atoms with Gasteiger partial charge in [0.05, 0.1) is 22.7 Å². The van der Waals surface area contributed by atoms with E-state index in [2.05, 4.69) is 69.8 Å². The lowest BCUT2D eigenvalue weighted by atomic mass is 9.92. The Balaban J connectivity index is 1.41. The fourth-order valence-electron chi connectivity index (χ4n) is 5.00. The van der Waals surface area contributed by atoms with Crippen LogP contribution in [-0.2, 0) is 16.6 Å². The SMILES string of the molecule is CCc1cccc([C@@H](CN2CCCC2)NC(=O)C2(c3ccc4[nH]nc(C)c4c3)CC2)c1. The number of benzene rings is 2. The van der Waals surface area contributed by atoms with Crippen molar-refractivity contribution in [3.63, 3.8) is 0 Å². The van der Waals surface area contributed by atoms with Crippen LogP contribution < -0.4 is 5.32 Å². The normalized spacial score (nSPS) is 18.9. The lowest BCUT2D eigenvalue weighted by molar-refractivity contribution is -0.124. The number of aromatic amines is 1. The van der Waals surface area contributed by atoms with Crippen LogP contribution >= 0.6 is 0 Å². The standard InChI is InChI=1S/C26H32N4O/c1-3-19-7-6-8-20(15-19)24(17-30-13-4-5-14-30)27-25(31)26(11-12-26)21-9-10-23-22(16-21)18(2)28-29-23/h6-10,15-16,24H,3-5,11-14,17H2,1-2H3,(H,27,31)(H,28,29)/t24-/m1/s1. The van der Waals surface area contributed by atoms with Gasteiger partial charge in [-0.1, -0.05) is 37.3 Å². The summed E-state index contributed by atoms with van der Waals surface area (Å²) in [5.41, 5.74) is 5.27. The first-order valence-electron chi connectivity index (χ1n) is 11.7. The third kappa shape index (κ3) is 3.87. The van der Waals surface area contributed by atoms with Gasteiger partial charge in [0, 0.05) is 11.9 Å². The van der Waals surface area contributed by atoms with Gasteiger partial charge >= 0.3 is 0 Å². The molecule has 1 saturated carbocycles. The summed E-state index contributed by atoms with van der Waals surface area (Å²) in [6, 6.07) is 15.1. The third-order valence-electron chi connectivity index (χ3n) is 7.20. The first kappa shape index (κ1) is 20.3. The number of hydrogen-bond acceptors (Lipinski definition) is 3. The molecule has 1 amide bonds. The summed E-state index contributed by atoms with van der Waals surface area (Å²) in [7, 11) is 0. The molecule has 2 N–H and O–H groups in total. The first-order chi connectivity index (χ1) is 15.1. The molecular formula is C26H32N4O. The molecule has 1 aromatic heterocycles. The second kappa shape index (κ2) is 8.12. The molecule has 2 aromatic carbocycles. The van der Waals surface area contributed by atoms with Crippen LogP contribution in [0.2, 0.25) is 0 Å². The first-order valence-corrected chi connectivity index (χ1v) is 11.7. The Morgan fingerprint density at radius 1 is 1.19 bits per heavy atom. The fourth-order valence-corrected chi connectivity index (χ4v) is 5.00. The van der Waals surface area contributed by atoms with E-state index in [1.54, 1.807) is 0 Å². The molecule has 1 saturated heterocycles. The molecule has 2 fully saturated rings. The average Bonchev–Trinajstić information content (AvgIpc) is 3.30. The quantitative estimate of drug-likeness (QED) is 0.599. The van der Waals surface area contributed by atoms with Gasteiger partial charge in [-0.05, 0) is 80.9 Å². The van der Waals surface area contributed by atoms with Crippen LogP contribution in [0.25, 0.3) is 10.9 Å². The van der Waals surface area contributed by atoms with Gasteiger partial charge < -0.3 is 10.2 Å². The smallest absolute Gasteiger partial charge is 0.231 e. The van der Waals surface area contributed by atoms with E-state index in [0.717, 1.165) is 61.1 Å². The van der Waals surface area contributed by atoms with Gasteiger partial charge in [0.1, 0.15) is 0 Å². The number of rotatable bonds is 7. The van der Waals surface area contributed by atoms with Crippen LogP contribution in [0.4, 0.5) is 0 Å². The average molecular weight is 417 g/mol. The van der Waals surface area contributed by atoms with Crippen LogP contribution in [0, 0.1) is 6.92 Å². The molecule has 0 unspecified atom stereocenters. The highest BCUT2D eigenvalue weighted by molar-refractivity contribution is 5.93. The monoisotopic (exact) mass is 416 g/mol. The van der Waals surface area contributed by atoms with Crippen molar-refractivity contribution in [3.05, 3.63) is 64.8 Å². The van der Waals surface area contributed by atoms with Crippen LogP contribution in [0.5, 0.6) is 0 Å². The van der Waals surface area contributed by atoms with Crippen LogP contribution in [0.15, 0.2) is 42.5 Å². The number of likely N-dealkylation sites (tertiary alicyclic amines) is 1. The lowest BCUT2D eigenvalue weighted by Crippen LogP contribution is -2.42. The van der Waals surface area contributed by atoms with E-state index >= 15 is 0 Å². The Bertz CT molecular complexity index is 1090. The molecule has 5 rings (SSSR count). The summed E-state index contributed by atoms with van der Waals surface area (Å²) in [6.45, 7) is 7.33. The molecule has 1 atom stereocenters. The van der Waals surface area contributed by atoms with Crippen LogP contribution in [0.3, 0.4) is 0 Å². The Hall–Kier alpha value is -2.66. The van der Waals surface area contributed by atoms with Crippen molar-refractivity contribution in [2.75, 3.05) is 19.6 Å². The molecule has 162 valence electrons. The number of nitrogens with zero attached hydrogens (tertiary/aromatic N) is 2. The van der Waals surface area contributed by atoms with Crippen molar-refractivity contribution in [1.82, 2.24) is 20.4 Å². The largest absolute Gasteiger partial charge is 0.347 e. The molecule has 0 spiro atoms. The summed E-state index contributed by atoms with van der Waals surface area (Å²) in [4.78, 5) is 16.1. The van der Waals surface area contributed by atoms with Gasteiger partial charge in [0.25, 0.3) is 0 Å². The van der Waals surface area contributed by atoms with Gasteiger partial charge in [-0.25, -0.2) is 0 Å². The highest BCUT2D eigenvalue weighted by Gasteiger charge is 2.51. The topological polar surface area (TPSA) is 61.0 Å². The van der Waals surface area contributed by atoms with E-state index in [1.165, 1.54) is 24.0 Å². The van der Waals surface area contributed by atoms with E-state index in [0.29, 0.717) is 0 Å². The van der Waals surface area contributed by atoms with Crippen LogP contribution in [0.1, 0.15) is 61.0 Å². The number of amides is 1. The zero-order valence-corrected chi connectivity index (χ0v) is 18.6. The van der Waals surface area contributed by atoms with Crippen molar-refractivity contribution in [2.24, 2.45) is 0 Å². The molecule has 0 radical (unpaired) electrons. The molecule has 0 bridgehead atoms. The van der Waals surface area contributed by atoms with Gasteiger partial charge in [0.2, 0.25) is 5.91 Å². The number of fused-ring (bicyclic) bond motifs is 1. The second-order valence-corrected chi connectivity index (χ2v) is 9.28. The highest BCUT2D eigenvalue weighted by Crippen LogP contribution is 2.49. The van der Waals surface area contributed by atoms with E-state index in [-0.39, 0.29) is 11.9 Å². The fraction of sp³-hybridized carbons (Fsp3) is 0.462. The molecule has 2 aliphatic rings. The van der Waals surface area contributed by atoms with Gasteiger partial charge in [-0.15, -0.1) is 0 Å². The summed E-state index contributed by atoms with van der Waals surface area (Å²) < 4.78 is 0. The Kier molecular flexibility index (Phi) is 5.30. The van der Waals surface area contributed by atoms with Crippen LogP contribution in [-0.4, -0.2) is 40.6 Å². The summed E-state index contributed by atoms with van der Waals surface area (Å²) >= 11 is 0. The lowest BCUT2D eigenvalue weighted by Gasteiger charge is -2.27. The van der Waals surface area contributed by atoms with Crippen molar-refractivity contribution in [2.45, 2.75) is 57.4 Å². The summed E-state index contributed by atoms with van der Waals surface area (Å²) in [5, 5.41) is 12.0. The number of aromatic nitrogens is 2. The molecular weight excluding hydrogens is 384 g/mol. The van der Waals surface area contributed by atoms with Crippen molar-refractivity contribution in [3.8, 4) is 0 Å². The minimum atomic E-state index is -0.399. The van der Waals surface area contributed by atoms with Crippen molar-refractivity contribution < 1.29 is 4.79 Å². The zero-order chi connectivity index (χ0) is 21.4. The van der Waals surface area contributed by atoms with Gasteiger partial charge in [0.15, 0.2) is 0 Å². The zero-order valence-electron chi connectivity index (χ0n) is 18.6. The summed E-state index contributed by atoms with van der Waals surface area (Å²) in [5.74, 6) is 0.166. The van der Waals surface area contributed by atoms with Crippen molar-refractivity contribution >= 4 is 16.8 Å². The maximum absolute atomic E-state index is 13.6. The molecule has 5 heteroatoms. The van der Waals surface area contributed by atoms with Crippen molar-refractivity contribution in [1.29, 1.82) is 0 Å². The molecule has 2 heterocycles. The number of carbonyl (C=O) groups is 1. The Morgan fingerprint density at radius 2 is 2.00 bits per heavy atom. The molecule has 3 aromatic rings. The molecule has 5 nitrogen and oxygen atoms in total. The molecule has 1 aliphatic carbocycles. The number of aryl methyl sites for hydroxylation is 2. The predicted molar refractivity (Wildman–Crippen MR) is 124 cm³/mol. The predicted octanol–water partition coefficient (Wildman–Crippen LogP) is 4.42. The maximum atomic E-state index is 13.6.